The first-order valence-electron chi connectivity index (χ1n) is 32.2. The third kappa shape index (κ3) is 61.2. The van der Waals surface area contributed by atoms with Crippen LogP contribution >= 0.6 is 0 Å². The summed E-state index contributed by atoms with van der Waals surface area (Å²) < 4.78 is 16.9. The number of rotatable bonds is 58. The first kappa shape index (κ1) is 72.3. The number of unbranched alkanes of at least 4 members (excludes halogenated alkanes) is 31. The lowest BCUT2D eigenvalue weighted by molar-refractivity contribution is -0.167. The lowest BCUT2D eigenvalue weighted by Crippen LogP contribution is -2.30. The summed E-state index contributed by atoms with van der Waals surface area (Å²) in [6, 6.07) is 0. The molecular weight excluding hydrogens is 937 g/mol. The number of carbonyl (C=O) groups is 3. The molecule has 0 spiro atoms. The molecule has 0 aliphatic heterocycles. The quantitative estimate of drug-likeness (QED) is 0.0261. The molecule has 0 aliphatic rings. The van der Waals surface area contributed by atoms with Crippen LogP contribution in [0.25, 0.3) is 0 Å². The number of hydrogen-bond acceptors (Lipinski definition) is 6. The predicted molar refractivity (Wildman–Crippen MR) is 330 cm³/mol. The van der Waals surface area contributed by atoms with Crippen molar-refractivity contribution in [3.05, 3.63) is 97.2 Å². The Bertz CT molecular complexity index is 1490. The van der Waals surface area contributed by atoms with Gasteiger partial charge < -0.3 is 14.2 Å². The smallest absolute Gasteiger partial charge is 0.306 e. The maximum atomic E-state index is 12.9. The van der Waals surface area contributed by atoms with Crippen LogP contribution in [0.3, 0.4) is 0 Å². The summed E-state index contributed by atoms with van der Waals surface area (Å²) in [5, 5.41) is 0. The number of hydrogen-bond donors (Lipinski definition) is 0. The fraction of sp³-hybridized carbons (Fsp3) is 0.729. The second-order valence-electron chi connectivity index (χ2n) is 21.3. The molecule has 0 aromatic rings. The van der Waals surface area contributed by atoms with Gasteiger partial charge in [-0.05, 0) is 103 Å². The van der Waals surface area contributed by atoms with Crippen molar-refractivity contribution in [1.29, 1.82) is 0 Å². The molecule has 0 heterocycles. The van der Waals surface area contributed by atoms with Crippen molar-refractivity contribution in [2.24, 2.45) is 0 Å². The van der Waals surface area contributed by atoms with Gasteiger partial charge in [0.05, 0.1) is 0 Å². The number of allylic oxidation sites excluding steroid dienone is 16. The highest BCUT2D eigenvalue weighted by Gasteiger charge is 2.19. The normalized spacial score (nSPS) is 12.7. The van der Waals surface area contributed by atoms with Crippen LogP contribution in [0.1, 0.15) is 310 Å². The van der Waals surface area contributed by atoms with Gasteiger partial charge in [-0.2, -0.15) is 0 Å². The van der Waals surface area contributed by atoms with Gasteiger partial charge in [0.2, 0.25) is 0 Å². The maximum Gasteiger partial charge on any atom is 0.306 e. The minimum absolute atomic E-state index is 0.0792. The zero-order valence-corrected chi connectivity index (χ0v) is 50.0. The average Bonchev–Trinajstić information content (AvgIpc) is 3.42. The molecule has 0 radical (unpaired) electrons. The summed E-state index contributed by atoms with van der Waals surface area (Å²) in [7, 11) is 0. The minimum Gasteiger partial charge on any atom is -0.462 e. The van der Waals surface area contributed by atoms with Crippen molar-refractivity contribution >= 4 is 17.9 Å². The molecule has 0 bridgehead atoms. The third-order valence-electron chi connectivity index (χ3n) is 13.8. The van der Waals surface area contributed by atoms with E-state index in [1.165, 1.54) is 148 Å². The lowest BCUT2D eigenvalue weighted by atomic mass is 10.1. The molecule has 1 unspecified atom stereocenters. The van der Waals surface area contributed by atoms with Gasteiger partial charge in [0, 0.05) is 19.3 Å². The largest absolute Gasteiger partial charge is 0.462 e. The van der Waals surface area contributed by atoms with Crippen LogP contribution in [-0.2, 0) is 28.6 Å². The van der Waals surface area contributed by atoms with E-state index >= 15 is 0 Å². The van der Waals surface area contributed by atoms with Gasteiger partial charge in [0.1, 0.15) is 13.2 Å². The van der Waals surface area contributed by atoms with Crippen LogP contribution in [0, 0.1) is 0 Å². The standard InChI is InChI=1S/C70H120O6/c1-4-7-10-13-16-19-22-24-26-28-29-30-31-32-33-34-35-36-37-38-39-40-41-42-44-45-48-51-54-57-60-63-69(72)75-66-67(65-74-68(71)62-59-56-53-50-47-21-18-15-12-9-6-3)76-70(73)64-61-58-55-52-49-46-43-27-25-23-20-17-14-11-8-5-2/h7,10,16,19,24,26-27,29-30,32-33,35-36,38-39,43,67H,4-6,8-9,11-15,17-18,20-23,25,28,31,34,37,40-42,44-66H2,1-3H3/b10-7-,19-16-,26-24-,30-29-,33-32-,36-35-,39-38-,43-27-. The number of ether oxygens (including phenoxy) is 3. The van der Waals surface area contributed by atoms with Gasteiger partial charge in [-0.3, -0.25) is 14.4 Å². The molecule has 0 aromatic carbocycles. The Kier molecular flexibility index (Phi) is 60.8. The summed E-state index contributed by atoms with van der Waals surface area (Å²) in [6.45, 7) is 6.53. The first-order valence-corrected chi connectivity index (χ1v) is 32.2. The lowest BCUT2D eigenvalue weighted by Gasteiger charge is -2.18. The van der Waals surface area contributed by atoms with E-state index in [2.05, 4.69) is 118 Å². The fourth-order valence-electron chi connectivity index (χ4n) is 9.01. The van der Waals surface area contributed by atoms with Crippen molar-refractivity contribution in [2.75, 3.05) is 13.2 Å². The van der Waals surface area contributed by atoms with E-state index in [4.69, 9.17) is 14.2 Å². The monoisotopic (exact) mass is 1060 g/mol. The van der Waals surface area contributed by atoms with Crippen LogP contribution in [-0.4, -0.2) is 37.2 Å². The van der Waals surface area contributed by atoms with E-state index in [-0.39, 0.29) is 31.1 Å². The third-order valence-corrected chi connectivity index (χ3v) is 13.8. The highest BCUT2D eigenvalue weighted by atomic mass is 16.6. The molecule has 6 nitrogen and oxygen atoms in total. The molecule has 0 saturated carbocycles. The average molecular weight is 1060 g/mol. The van der Waals surface area contributed by atoms with Crippen molar-refractivity contribution in [3.8, 4) is 0 Å². The molecular formula is C70H120O6. The van der Waals surface area contributed by atoms with Crippen molar-refractivity contribution < 1.29 is 28.6 Å². The summed E-state index contributed by atoms with van der Waals surface area (Å²) in [5.74, 6) is -0.885. The van der Waals surface area contributed by atoms with E-state index in [9.17, 15) is 14.4 Å². The van der Waals surface area contributed by atoms with Crippen LogP contribution in [0.2, 0.25) is 0 Å². The van der Waals surface area contributed by atoms with Gasteiger partial charge in [0.25, 0.3) is 0 Å². The summed E-state index contributed by atoms with van der Waals surface area (Å²) in [6.07, 6.45) is 85.6. The second kappa shape index (κ2) is 63.9. The molecule has 6 heteroatoms. The van der Waals surface area contributed by atoms with Crippen LogP contribution in [0.5, 0.6) is 0 Å². The molecule has 0 aromatic heterocycles. The van der Waals surface area contributed by atoms with Crippen LogP contribution in [0.4, 0.5) is 0 Å². The zero-order valence-electron chi connectivity index (χ0n) is 50.0. The Morgan fingerprint density at radius 1 is 0.276 bits per heavy atom. The highest BCUT2D eigenvalue weighted by Crippen LogP contribution is 2.16. The van der Waals surface area contributed by atoms with E-state index in [1.54, 1.807) is 0 Å². The molecule has 0 amide bonds. The Labute approximate surface area is 470 Å². The number of carbonyl (C=O) groups excluding carboxylic acids is 3. The second-order valence-corrected chi connectivity index (χ2v) is 21.3. The SMILES string of the molecule is CC/C=C\C/C=C\C/C=C\C/C=C\C/C=C\C/C=C\C/C=C\CCCCCCCCCCCC(=O)OCC(COC(=O)CCCCCCCCCCCCC)OC(=O)CCCCCCC/C=C\CCCCCCCCC. The first-order chi connectivity index (χ1) is 37.5. The van der Waals surface area contributed by atoms with Crippen molar-refractivity contribution in [3.63, 3.8) is 0 Å². The van der Waals surface area contributed by atoms with Gasteiger partial charge in [0.15, 0.2) is 6.10 Å². The summed E-state index contributed by atoms with van der Waals surface area (Å²) in [5.41, 5.74) is 0. The van der Waals surface area contributed by atoms with E-state index in [0.29, 0.717) is 19.3 Å². The molecule has 76 heavy (non-hydrogen) atoms. The van der Waals surface area contributed by atoms with Gasteiger partial charge >= 0.3 is 17.9 Å². The Morgan fingerprint density at radius 2 is 0.513 bits per heavy atom. The molecule has 436 valence electrons. The van der Waals surface area contributed by atoms with E-state index in [0.717, 1.165) is 122 Å². The summed E-state index contributed by atoms with van der Waals surface area (Å²) in [4.78, 5) is 38.2. The van der Waals surface area contributed by atoms with Gasteiger partial charge in [-0.15, -0.1) is 0 Å². The van der Waals surface area contributed by atoms with Crippen molar-refractivity contribution in [1.82, 2.24) is 0 Å². The Balaban J connectivity index is 4.24. The highest BCUT2D eigenvalue weighted by molar-refractivity contribution is 5.71. The van der Waals surface area contributed by atoms with E-state index in [1.807, 2.05) is 0 Å². The zero-order chi connectivity index (χ0) is 55.0. The van der Waals surface area contributed by atoms with Gasteiger partial charge in [-0.1, -0.05) is 285 Å². The molecule has 0 rings (SSSR count). The predicted octanol–water partition coefficient (Wildman–Crippen LogP) is 22.0. The Hall–Kier alpha value is -3.67. The number of esters is 3. The van der Waals surface area contributed by atoms with Crippen LogP contribution in [0.15, 0.2) is 97.2 Å². The topological polar surface area (TPSA) is 78.9 Å². The maximum absolute atomic E-state index is 12.9. The molecule has 0 saturated heterocycles. The fourth-order valence-corrected chi connectivity index (χ4v) is 9.01. The summed E-state index contributed by atoms with van der Waals surface area (Å²) >= 11 is 0. The van der Waals surface area contributed by atoms with Gasteiger partial charge in [-0.25, -0.2) is 0 Å². The molecule has 0 aliphatic carbocycles. The Morgan fingerprint density at radius 3 is 0.816 bits per heavy atom. The molecule has 1 atom stereocenters. The van der Waals surface area contributed by atoms with Crippen molar-refractivity contribution in [2.45, 2.75) is 316 Å². The molecule has 0 N–H and O–H groups in total. The van der Waals surface area contributed by atoms with Crippen LogP contribution < -0.4 is 0 Å². The minimum atomic E-state index is -0.782. The molecule has 0 fully saturated rings. The van der Waals surface area contributed by atoms with E-state index < -0.39 is 6.10 Å².